The molecule has 0 spiro atoms. The van der Waals surface area contributed by atoms with Crippen molar-refractivity contribution in [3.8, 4) is 22.1 Å². The Labute approximate surface area is 108 Å². The average Bonchev–Trinajstić information content (AvgIpc) is 3.03. The summed E-state index contributed by atoms with van der Waals surface area (Å²) in [6, 6.07) is 3.98. The van der Waals surface area contributed by atoms with Gasteiger partial charge in [0.1, 0.15) is 5.82 Å². The van der Waals surface area contributed by atoms with Crippen LogP contribution in [-0.4, -0.2) is 24.5 Å². The Balaban J connectivity index is 2.11. The maximum atomic E-state index is 5.95. The first-order valence-electron chi connectivity index (χ1n) is 5.39. The molecule has 7 heteroatoms. The van der Waals surface area contributed by atoms with Crippen LogP contribution in [0.1, 0.15) is 0 Å². The van der Waals surface area contributed by atoms with Gasteiger partial charge in [-0.25, -0.2) is 9.67 Å². The Morgan fingerprint density at radius 2 is 2.11 bits per heavy atom. The standard InChI is InChI=1S/C11H12N6S/c1-16-9(12)7(6-13-16)11-14-10(15-17(11)2)8-4-3-5-18-8/h3-6H,12H2,1-2H3. The quantitative estimate of drug-likeness (QED) is 0.758. The van der Waals surface area contributed by atoms with Crippen LogP contribution in [0.3, 0.4) is 0 Å². The van der Waals surface area contributed by atoms with Crippen LogP contribution in [0, 0.1) is 0 Å². The first kappa shape index (κ1) is 11.0. The van der Waals surface area contributed by atoms with Crippen molar-refractivity contribution in [1.29, 1.82) is 0 Å². The molecular formula is C11H12N6S. The molecule has 92 valence electrons. The van der Waals surface area contributed by atoms with Crippen molar-refractivity contribution < 1.29 is 0 Å². The summed E-state index contributed by atoms with van der Waals surface area (Å²) in [4.78, 5) is 5.57. The van der Waals surface area contributed by atoms with Gasteiger partial charge in [-0.05, 0) is 11.4 Å². The summed E-state index contributed by atoms with van der Waals surface area (Å²) in [6.45, 7) is 0. The molecule has 0 unspecified atom stereocenters. The van der Waals surface area contributed by atoms with E-state index in [0.29, 0.717) is 11.6 Å². The molecule has 0 aliphatic heterocycles. The Bertz CT molecular complexity index is 679. The van der Waals surface area contributed by atoms with E-state index < -0.39 is 0 Å². The van der Waals surface area contributed by atoms with Gasteiger partial charge in [0, 0.05) is 14.1 Å². The monoisotopic (exact) mass is 260 g/mol. The molecule has 0 amide bonds. The number of anilines is 1. The van der Waals surface area contributed by atoms with Crippen LogP contribution in [0.25, 0.3) is 22.1 Å². The number of hydrogen-bond donors (Lipinski definition) is 1. The Kier molecular flexibility index (Phi) is 2.41. The van der Waals surface area contributed by atoms with Gasteiger partial charge in [0.05, 0.1) is 16.6 Å². The minimum atomic E-state index is 0.586. The maximum Gasteiger partial charge on any atom is 0.191 e. The second-order valence-corrected chi connectivity index (χ2v) is 4.87. The molecule has 0 aliphatic rings. The highest BCUT2D eigenvalue weighted by atomic mass is 32.1. The molecule has 2 N–H and O–H groups in total. The molecule has 0 atom stereocenters. The van der Waals surface area contributed by atoms with E-state index in [1.165, 1.54) is 0 Å². The van der Waals surface area contributed by atoms with E-state index in [9.17, 15) is 0 Å². The van der Waals surface area contributed by atoms with Gasteiger partial charge >= 0.3 is 0 Å². The third-order valence-corrected chi connectivity index (χ3v) is 3.60. The minimum Gasteiger partial charge on any atom is -0.383 e. The lowest BCUT2D eigenvalue weighted by Crippen LogP contribution is -2.00. The summed E-state index contributed by atoms with van der Waals surface area (Å²) in [6.07, 6.45) is 1.71. The number of aryl methyl sites for hydroxylation is 2. The molecule has 0 saturated heterocycles. The molecular weight excluding hydrogens is 248 g/mol. The van der Waals surface area contributed by atoms with Crippen LogP contribution < -0.4 is 5.73 Å². The number of nitrogens with two attached hydrogens (primary N) is 1. The molecule has 3 heterocycles. The molecule has 0 fully saturated rings. The lowest BCUT2D eigenvalue weighted by Gasteiger charge is -1.98. The fourth-order valence-corrected chi connectivity index (χ4v) is 2.40. The van der Waals surface area contributed by atoms with E-state index in [1.54, 1.807) is 33.9 Å². The summed E-state index contributed by atoms with van der Waals surface area (Å²) in [5.41, 5.74) is 6.75. The van der Waals surface area contributed by atoms with Crippen molar-refractivity contribution in [1.82, 2.24) is 24.5 Å². The fraction of sp³-hybridized carbons (Fsp3) is 0.182. The smallest absolute Gasteiger partial charge is 0.191 e. The largest absolute Gasteiger partial charge is 0.383 e. The molecule has 0 aliphatic carbocycles. The fourth-order valence-electron chi connectivity index (χ4n) is 1.75. The van der Waals surface area contributed by atoms with E-state index in [2.05, 4.69) is 15.2 Å². The molecule has 0 aromatic carbocycles. The van der Waals surface area contributed by atoms with Crippen LogP contribution in [-0.2, 0) is 14.1 Å². The van der Waals surface area contributed by atoms with Crippen molar-refractivity contribution in [2.45, 2.75) is 0 Å². The van der Waals surface area contributed by atoms with Crippen molar-refractivity contribution >= 4 is 17.2 Å². The predicted molar refractivity (Wildman–Crippen MR) is 70.9 cm³/mol. The lowest BCUT2D eigenvalue weighted by atomic mass is 10.3. The molecule has 3 rings (SSSR count). The normalized spacial score (nSPS) is 11.0. The van der Waals surface area contributed by atoms with Crippen LogP contribution in [0.2, 0.25) is 0 Å². The van der Waals surface area contributed by atoms with Gasteiger partial charge in [0.2, 0.25) is 0 Å². The van der Waals surface area contributed by atoms with E-state index in [0.717, 1.165) is 16.3 Å². The summed E-state index contributed by atoms with van der Waals surface area (Å²) < 4.78 is 3.34. The summed E-state index contributed by atoms with van der Waals surface area (Å²) in [5, 5.41) is 10.5. The van der Waals surface area contributed by atoms with Crippen molar-refractivity contribution in [2.75, 3.05) is 5.73 Å². The van der Waals surface area contributed by atoms with E-state index in [-0.39, 0.29) is 0 Å². The van der Waals surface area contributed by atoms with Crippen LogP contribution >= 0.6 is 11.3 Å². The molecule has 0 saturated carbocycles. The number of rotatable bonds is 2. The van der Waals surface area contributed by atoms with Gasteiger partial charge in [0.25, 0.3) is 0 Å². The van der Waals surface area contributed by atoms with E-state index >= 15 is 0 Å². The average molecular weight is 260 g/mol. The van der Waals surface area contributed by atoms with Gasteiger partial charge in [-0.1, -0.05) is 6.07 Å². The summed E-state index contributed by atoms with van der Waals surface area (Å²) in [7, 11) is 3.65. The van der Waals surface area contributed by atoms with Crippen molar-refractivity contribution in [2.24, 2.45) is 14.1 Å². The van der Waals surface area contributed by atoms with Gasteiger partial charge < -0.3 is 5.73 Å². The molecule has 18 heavy (non-hydrogen) atoms. The van der Waals surface area contributed by atoms with E-state index in [4.69, 9.17) is 5.73 Å². The first-order chi connectivity index (χ1) is 8.66. The summed E-state index contributed by atoms with van der Waals surface area (Å²) >= 11 is 1.61. The molecule has 3 aromatic rings. The number of nitrogen functional groups attached to an aromatic ring is 1. The van der Waals surface area contributed by atoms with Crippen molar-refractivity contribution in [3.63, 3.8) is 0 Å². The van der Waals surface area contributed by atoms with E-state index in [1.807, 2.05) is 24.6 Å². The van der Waals surface area contributed by atoms with Gasteiger partial charge in [-0.15, -0.1) is 16.4 Å². The highest BCUT2D eigenvalue weighted by Crippen LogP contribution is 2.27. The number of thiophene rings is 1. The second-order valence-electron chi connectivity index (χ2n) is 3.93. The highest BCUT2D eigenvalue weighted by Gasteiger charge is 2.16. The molecule has 0 bridgehead atoms. The zero-order valence-corrected chi connectivity index (χ0v) is 10.8. The molecule has 3 aromatic heterocycles. The van der Waals surface area contributed by atoms with Gasteiger partial charge in [0.15, 0.2) is 11.6 Å². The number of aromatic nitrogens is 5. The zero-order chi connectivity index (χ0) is 12.7. The topological polar surface area (TPSA) is 74.5 Å². The predicted octanol–water partition coefficient (Wildman–Crippen LogP) is 1.53. The third-order valence-electron chi connectivity index (χ3n) is 2.73. The first-order valence-corrected chi connectivity index (χ1v) is 6.27. The Morgan fingerprint density at radius 1 is 1.28 bits per heavy atom. The molecule has 0 radical (unpaired) electrons. The minimum absolute atomic E-state index is 0.586. The Hall–Kier alpha value is -2.15. The van der Waals surface area contributed by atoms with Crippen LogP contribution in [0.5, 0.6) is 0 Å². The van der Waals surface area contributed by atoms with Gasteiger partial charge in [-0.2, -0.15) is 5.10 Å². The third kappa shape index (κ3) is 1.60. The zero-order valence-electron chi connectivity index (χ0n) is 10.0. The lowest BCUT2D eigenvalue weighted by molar-refractivity contribution is 0.775. The van der Waals surface area contributed by atoms with Crippen LogP contribution in [0.4, 0.5) is 5.82 Å². The summed E-state index contributed by atoms with van der Waals surface area (Å²) in [5.74, 6) is 2.03. The van der Waals surface area contributed by atoms with Crippen molar-refractivity contribution in [3.05, 3.63) is 23.7 Å². The highest BCUT2D eigenvalue weighted by molar-refractivity contribution is 7.13. The second kappa shape index (κ2) is 3.95. The SMILES string of the molecule is Cn1nc(-c2cccs2)nc1-c1cnn(C)c1N. The number of hydrogen-bond acceptors (Lipinski definition) is 5. The van der Waals surface area contributed by atoms with Gasteiger partial charge in [-0.3, -0.25) is 4.68 Å². The Morgan fingerprint density at radius 3 is 2.72 bits per heavy atom. The number of nitrogens with zero attached hydrogens (tertiary/aromatic N) is 5. The molecule has 6 nitrogen and oxygen atoms in total. The maximum absolute atomic E-state index is 5.95. The van der Waals surface area contributed by atoms with Crippen LogP contribution in [0.15, 0.2) is 23.7 Å².